The molecule has 0 amide bonds. The number of sulfone groups is 1. The first-order valence-electron chi connectivity index (χ1n) is 6.96. The quantitative estimate of drug-likeness (QED) is 0.733. The summed E-state index contributed by atoms with van der Waals surface area (Å²) in [5.74, 6) is 1.19. The van der Waals surface area contributed by atoms with Crippen LogP contribution in [-0.4, -0.2) is 44.5 Å². The zero-order valence-electron chi connectivity index (χ0n) is 10.9. The second-order valence-electron chi connectivity index (χ2n) is 5.86. The molecule has 0 radical (unpaired) electrons. The van der Waals surface area contributed by atoms with Gasteiger partial charge in [-0.25, -0.2) is 8.42 Å². The molecule has 0 saturated heterocycles. The smallest absolute Gasteiger partial charge is 0.148 e. The first-order valence-corrected chi connectivity index (χ1v) is 9.02. The van der Waals surface area contributed by atoms with E-state index in [0.717, 1.165) is 19.0 Å². The third-order valence-electron chi connectivity index (χ3n) is 4.03. The van der Waals surface area contributed by atoms with Crippen LogP contribution < -0.4 is 0 Å². The highest BCUT2D eigenvalue weighted by molar-refractivity contribution is 7.90. The molecule has 2 fully saturated rings. The van der Waals surface area contributed by atoms with Gasteiger partial charge in [0.1, 0.15) is 9.84 Å². The van der Waals surface area contributed by atoms with E-state index in [1.807, 2.05) is 0 Å². The van der Waals surface area contributed by atoms with Crippen molar-refractivity contribution < 1.29 is 8.42 Å². The van der Waals surface area contributed by atoms with E-state index >= 15 is 0 Å². The largest absolute Gasteiger partial charge is 0.299 e. The molecule has 4 heteroatoms. The molecule has 2 saturated carbocycles. The van der Waals surface area contributed by atoms with Gasteiger partial charge in [0.15, 0.2) is 0 Å². The molecule has 3 nitrogen and oxygen atoms in total. The maximum absolute atomic E-state index is 11.3. The summed E-state index contributed by atoms with van der Waals surface area (Å²) in [7, 11) is -2.81. The molecule has 0 bridgehead atoms. The van der Waals surface area contributed by atoms with Gasteiger partial charge < -0.3 is 0 Å². The molecule has 0 aromatic carbocycles. The van der Waals surface area contributed by atoms with E-state index in [1.165, 1.54) is 51.2 Å². The van der Waals surface area contributed by atoms with Gasteiger partial charge in [0.25, 0.3) is 0 Å². The van der Waals surface area contributed by atoms with Crippen LogP contribution in [0.5, 0.6) is 0 Å². The zero-order valence-corrected chi connectivity index (χ0v) is 11.7. The Bertz CT molecular complexity index is 329. The van der Waals surface area contributed by atoms with Gasteiger partial charge in [-0.3, -0.25) is 4.90 Å². The molecule has 0 spiro atoms. The van der Waals surface area contributed by atoms with Crippen LogP contribution in [0.3, 0.4) is 0 Å². The summed E-state index contributed by atoms with van der Waals surface area (Å²) < 4.78 is 22.6. The monoisotopic (exact) mass is 259 g/mol. The van der Waals surface area contributed by atoms with Gasteiger partial charge in [0.05, 0.1) is 5.75 Å². The summed E-state index contributed by atoms with van der Waals surface area (Å²) in [6, 6.07) is 0.658. The Labute approximate surface area is 105 Å². The van der Waals surface area contributed by atoms with E-state index in [9.17, 15) is 8.42 Å². The predicted molar refractivity (Wildman–Crippen MR) is 70.9 cm³/mol. The first-order chi connectivity index (χ1) is 8.04. The summed E-state index contributed by atoms with van der Waals surface area (Å²) in [6.07, 6.45) is 10.6. The van der Waals surface area contributed by atoms with Crippen molar-refractivity contribution in [2.75, 3.05) is 25.1 Å². The molecule has 17 heavy (non-hydrogen) atoms. The summed E-state index contributed by atoms with van der Waals surface area (Å²) in [4.78, 5) is 2.47. The molecule has 0 aromatic rings. The van der Waals surface area contributed by atoms with E-state index in [2.05, 4.69) is 4.90 Å². The zero-order chi connectivity index (χ0) is 12.3. The van der Waals surface area contributed by atoms with Gasteiger partial charge in [-0.15, -0.1) is 0 Å². The molecule has 0 heterocycles. The van der Waals surface area contributed by atoms with Crippen molar-refractivity contribution in [1.82, 2.24) is 4.90 Å². The van der Waals surface area contributed by atoms with Crippen molar-refractivity contribution in [2.24, 2.45) is 5.92 Å². The molecular weight excluding hydrogens is 234 g/mol. The van der Waals surface area contributed by atoms with Crippen molar-refractivity contribution in [3.8, 4) is 0 Å². The van der Waals surface area contributed by atoms with Gasteiger partial charge in [-0.05, 0) is 31.6 Å². The fraction of sp³-hybridized carbons (Fsp3) is 1.00. The third-order valence-corrected chi connectivity index (χ3v) is 4.95. The normalized spacial score (nSPS) is 23.2. The van der Waals surface area contributed by atoms with Gasteiger partial charge in [-0.1, -0.05) is 19.3 Å². The topological polar surface area (TPSA) is 37.4 Å². The van der Waals surface area contributed by atoms with Crippen molar-refractivity contribution >= 4 is 9.84 Å². The lowest BCUT2D eigenvalue weighted by atomic mass is 9.94. The lowest BCUT2D eigenvalue weighted by Crippen LogP contribution is -2.41. The van der Waals surface area contributed by atoms with Crippen molar-refractivity contribution in [2.45, 2.75) is 51.0 Å². The molecule has 0 N–H and O–H groups in total. The second-order valence-corrected chi connectivity index (χ2v) is 8.12. The maximum Gasteiger partial charge on any atom is 0.148 e. The van der Waals surface area contributed by atoms with Crippen LogP contribution in [0.15, 0.2) is 0 Å². The molecule has 0 atom stereocenters. The van der Waals surface area contributed by atoms with Crippen LogP contribution in [0.1, 0.15) is 44.9 Å². The molecule has 2 aliphatic carbocycles. The van der Waals surface area contributed by atoms with E-state index in [-0.39, 0.29) is 0 Å². The fourth-order valence-corrected chi connectivity index (χ4v) is 3.35. The van der Waals surface area contributed by atoms with Crippen LogP contribution in [0, 0.1) is 5.92 Å². The maximum atomic E-state index is 11.3. The minimum absolute atomic E-state index is 0.330. The summed E-state index contributed by atoms with van der Waals surface area (Å²) in [5.41, 5.74) is 0. The molecule has 2 aliphatic rings. The molecule has 0 aromatic heterocycles. The minimum Gasteiger partial charge on any atom is -0.299 e. The SMILES string of the molecule is CS(=O)(=O)CCN(CC1CC1)C1CCCCC1. The summed E-state index contributed by atoms with van der Waals surface area (Å²) >= 11 is 0. The van der Waals surface area contributed by atoms with Crippen LogP contribution in [0.25, 0.3) is 0 Å². The number of nitrogens with zero attached hydrogens (tertiary/aromatic N) is 1. The first kappa shape index (κ1) is 13.3. The van der Waals surface area contributed by atoms with Crippen molar-refractivity contribution in [3.63, 3.8) is 0 Å². The third kappa shape index (κ3) is 4.96. The van der Waals surface area contributed by atoms with Gasteiger partial charge in [0.2, 0.25) is 0 Å². The average Bonchev–Trinajstić information content (AvgIpc) is 3.08. The lowest BCUT2D eigenvalue weighted by Gasteiger charge is -2.34. The number of hydrogen-bond acceptors (Lipinski definition) is 3. The van der Waals surface area contributed by atoms with Crippen LogP contribution in [-0.2, 0) is 9.84 Å². The van der Waals surface area contributed by atoms with Gasteiger partial charge >= 0.3 is 0 Å². The highest BCUT2D eigenvalue weighted by Crippen LogP contribution is 2.32. The van der Waals surface area contributed by atoms with E-state index in [1.54, 1.807) is 0 Å². The van der Waals surface area contributed by atoms with Gasteiger partial charge in [0, 0.05) is 25.4 Å². The van der Waals surface area contributed by atoms with Crippen LogP contribution in [0.2, 0.25) is 0 Å². The Morgan fingerprint density at radius 1 is 1.06 bits per heavy atom. The molecule has 0 unspecified atom stereocenters. The fourth-order valence-electron chi connectivity index (χ4n) is 2.78. The number of hydrogen-bond donors (Lipinski definition) is 0. The Morgan fingerprint density at radius 3 is 2.24 bits per heavy atom. The number of rotatable bonds is 6. The van der Waals surface area contributed by atoms with Gasteiger partial charge in [-0.2, -0.15) is 0 Å². The van der Waals surface area contributed by atoms with Crippen molar-refractivity contribution in [3.05, 3.63) is 0 Å². The molecule has 100 valence electrons. The Morgan fingerprint density at radius 2 is 1.71 bits per heavy atom. The Kier molecular flexibility index (Phi) is 4.47. The highest BCUT2D eigenvalue weighted by Gasteiger charge is 2.29. The summed E-state index contributed by atoms with van der Waals surface area (Å²) in [5, 5.41) is 0. The summed E-state index contributed by atoms with van der Waals surface area (Å²) in [6.45, 7) is 1.89. The molecule has 2 rings (SSSR count). The second kappa shape index (κ2) is 5.70. The molecule has 0 aliphatic heterocycles. The van der Waals surface area contributed by atoms with E-state index < -0.39 is 9.84 Å². The molecular formula is C13H25NO2S. The standard InChI is InChI=1S/C13H25NO2S/c1-17(15,16)10-9-14(11-12-7-8-12)13-5-3-2-4-6-13/h12-13H,2-11H2,1H3. The van der Waals surface area contributed by atoms with E-state index in [0.29, 0.717) is 11.8 Å². The predicted octanol–water partition coefficient (Wildman–Crippen LogP) is 2.08. The minimum atomic E-state index is -2.81. The van der Waals surface area contributed by atoms with Crippen LogP contribution in [0.4, 0.5) is 0 Å². The average molecular weight is 259 g/mol. The van der Waals surface area contributed by atoms with Crippen molar-refractivity contribution in [1.29, 1.82) is 0 Å². The Hall–Kier alpha value is -0.0900. The lowest BCUT2D eigenvalue weighted by molar-refractivity contribution is 0.158. The van der Waals surface area contributed by atoms with Crippen LogP contribution >= 0.6 is 0 Å². The highest BCUT2D eigenvalue weighted by atomic mass is 32.2. The van der Waals surface area contributed by atoms with E-state index in [4.69, 9.17) is 0 Å². The Balaban J connectivity index is 1.86.